The minimum Gasteiger partial charge on any atom is -0.453 e. The molecule has 0 aliphatic heterocycles. The van der Waals surface area contributed by atoms with Crippen molar-refractivity contribution < 1.29 is 19.1 Å². The number of alkyl carbamates (subject to hydrolysis) is 1. The van der Waals surface area contributed by atoms with Gasteiger partial charge >= 0.3 is 6.09 Å². The van der Waals surface area contributed by atoms with Gasteiger partial charge in [0.1, 0.15) is 6.61 Å². The maximum absolute atomic E-state index is 11.5. The van der Waals surface area contributed by atoms with Crippen LogP contribution >= 0.6 is 12.2 Å². The van der Waals surface area contributed by atoms with Gasteiger partial charge in [0.15, 0.2) is 5.11 Å². The molecule has 1 rings (SSSR count). The minimum atomic E-state index is -0.677. The fourth-order valence-electron chi connectivity index (χ4n) is 1.32. The highest BCUT2D eigenvalue weighted by atomic mass is 32.1. The second-order valence-electron chi connectivity index (χ2n) is 3.60. The van der Waals surface area contributed by atoms with Crippen molar-refractivity contribution in [2.45, 2.75) is 0 Å². The first kappa shape index (κ1) is 15.9. The maximum Gasteiger partial charge on any atom is 0.413 e. The van der Waals surface area contributed by atoms with Gasteiger partial charge in [0, 0.05) is 7.11 Å². The van der Waals surface area contributed by atoms with Crippen molar-refractivity contribution in [1.82, 2.24) is 5.32 Å². The molecule has 0 unspecified atom stereocenters. The number of carbonyl (C=O) groups excluding carboxylic acids is 2. The second-order valence-corrected chi connectivity index (χ2v) is 4.01. The predicted octanol–water partition coefficient (Wildman–Crippen LogP) is 1.32. The van der Waals surface area contributed by atoms with E-state index in [2.05, 4.69) is 20.7 Å². The zero-order valence-electron chi connectivity index (χ0n) is 11.1. The average Bonchev–Trinajstić information content (AvgIpc) is 2.41. The summed E-state index contributed by atoms with van der Waals surface area (Å²) in [6, 6.07) is 6.91. The Hall–Kier alpha value is -2.19. The van der Waals surface area contributed by atoms with Crippen LogP contribution in [0.3, 0.4) is 0 Å². The van der Waals surface area contributed by atoms with Crippen LogP contribution in [0.4, 0.5) is 16.2 Å². The van der Waals surface area contributed by atoms with E-state index >= 15 is 0 Å². The first-order valence-corrected chi connectivity index (χ1v) is 6.01. The smallest absolute Gasteiger partial charge is 0.413 e. The summed E-state index contributed by atoms with van der Waals surface area (Å²) >= 11 is 4.94. The van der Waals surface area contributed by atoms with Crippen molar-refractivity contribution in [2.24, 2.45) is 0 Å². The summed E-state index contributed by atoms with van der Waals surface area (Å²) in [6.45, 7) is -0.0564. The second kappa shape index (κ2) is 8.08. The standard InChI is InChI=1S/C12H15N3O4S/c1-18-7-10(16)13-8-5-3-4-6-9(8)14-11(20)15-12(17)19-2/h3-6H,7H2,1-2H3,(H,13,16)(H2,14,15,17,20). The van der Waals surface area contributed by atoms with Crippen LogP contribution in [0.25, 0.3) is 0 Å². The zero-order chi connectivity index (χ0) is 15.0. The van der Waals surface area contributed by atoms with Gasteiger partial charge in [-0.15, -0.1) is 0 Å². The van der Waals surface area contributed by atoms with Crippen LogP contribution in [0.1, 0.15) is 0 Å². The molecule has 0 saturated heterocycles. The Bertz CT molecular complexity index is 507. The lowest BCUT2D eigenvalue weighted by Crippen LogP contribution is -2.34. The van der Waals surface area contributed by atoms with Crippen molar-refractivity contribution >= 4 is 40.7 Å². The van der Waals surface area contributed by atoms with Crippen LogP contribution < -0.4 is 16.0 Å². The van der Waals surface area contributed by atoms with Gasteiger partial charge in [0.25, 0.3) is 0 Å². The van der Waals surface area contributed by atoms with Gasteiger partial charge < -0.3 is 20.1 Å². The molecule has 7 nitrogen and oxygen atoms in total. The molecule has 0 aliphatic rings. The van der Waals surface area contributed by atoms with E-state index in [-0.39, 0.29) is 17.6 Å². The lowest BCUT2D eigenvalue weighted by Gasteiger charge is -2.13. The highest BCUT2D eigenvalue weighted by Crippen LogP contribution is 2.20. The van der Waals surface area contributed by atoms with Crippen molar-refractivity contribution in [3.63, 3.8) is 0 Å². The maximum atomic E-state index is 11.5. The molecular formula is C12H15N3O4S. The van der Waals surface area contributed by atoms with E-state index in [1.54, 1.807) is 24.3 Å². The Morgan fingerprint density at radius 1 is 1.15 bits per heavy atom. The van der Waals surface area contributed by atoms with E-state index < -0.39 is 6.09 Å². The summed E-state index contributed by atoms with van der Waals surface area (Å²) in [5, 5.41) is 7.81. The molecule has 0 heterocycles. The molecule has 3 N–H and O–H groups in total. The highest BCUT2D eigenvalue weighted by molar-refractivity contribution is 7.80. The van der Waals surface area contributed by atoms with Crippen molar-refractivity contribution in [1.29, 1.82) is 0 Å². The Balaban J connectivity index is 2.72. The SMILES string of the molecule is COCC(=O)Nc1ccccc1NC(=S)NC(=O)OC. The molecule has 0 radical (unpaired) electrons. The number of thiocarbonyl (C=S) groups is 1. The normalized spacial score (nSPS) is 9.50. The number of hydrogen-bond acceptors (Lipinski definition) is 5. The quantitative estimate of drug-likeness (QED) is 0.727. The Morgan fingerprint density at radius 3 is 2.30 bits per heavy atom. The predicted molar refractivity (Wildman–Crippen MR) is 78.7 cm³/mol. The number of anilines is 2. The lowest BCUT2D eigenvalue weighted by atomic mass is 10.2. The molecule has 20 heavy (non-hydrogen) atoms. The third-order valence-electron chi connectivity index (χ3n) is 2.13. The topological polar surface area (TPSA) is 88.7 Å². The fourth-order valence-corrected chi connectivity index (χ4v) is 1.51. The van der Waals surface area contributed by atoms with Gasteiger partial charge in [-0.3, -0.25) is 10.1 Å². The average molecular weight is 297 g/mol. The van der Waals surface area contributed by atoms with Gasteiger partial charge in [-0.2, -0.15) is 0 Å². The van der Waals surface area contributed by atoms with Crippen LogP contribution in [0.15, 0.2) is 24.3 Å². The van der Waals surface area contributed by atoms with E-state index in [1.807, 2.05) is 0 Å². The molecule has 1 aromatic rings. The molecule has 8 heteroatoms. The monoisotopic (exact) mass is 297 g/mol. The van der Waals surface area contributed by atoms with E-state index in [1.165, 1.54) is 14.2 Å². The molecule has 1 aromatic carbocycles. The van der Waals surface area contributed by atoms with E-state index in [9.17, 15) is 9.59 Å². The van der Waals surface area contributed by atoms with E-state index in [0.29, 0.717) is 11.4 Å². The molecule has 0 aliphatic carbocycles. The number of methoxy groups -OCH3 is 2. The first-order valence-electron chi connectivity index (χ1n) is 5.60. The number of carbonyl (C=O) groups is 2. The fraction of sp³-hybridized carbons (Fsp3) is 0.250. The van der Waals surface area contributed by atoms with Crippen molar-refractivity contribution in [3.8, 4) is 0 Å². The summed E-state index contributed by atoms with van der Waals surface area (Å²) in [4.78, 5) is 22.5. The molecule has 0 spiro atoms. The van der Waals surface area contributed by atoms with Crippen molar-refractivity contribution in [3.05, 3.63) is 24.3 Å². The molecule has 0 bridgehead atoms. The number of benzene rings is 1. The van der Waals surface area contributed by atoms with Crippen LogP contribution in [0.5, 0.6) is 0 Å². The van der Waals surface area contributed by atoms with Gasteiger partial charge in [0.05, 0.1) is 18.5 Å². The summed E-state index contributed by atoms with van der Waals surface area (Å²) in [5.74, 6) is -0.298. The van der Waals surface area contributed by atoms with Crippen molar-refractivity contribution in [2.75, 3.05) is 31.5 Å². The molecule has 0 fully saturated rings. The van der Waals surface area contributed by atoms with Crippen LogP contribution in [0.2, 0.25) is 0 Å². The first-order chi connectivity index (χ1) is 9.56. The zero-order valence-corrected chi connectivity index (χ0v) is 11.9. The summed E-state index contributed by atoms with van der Waals surface area (Å²) < 4.78 is 9.15. The van der Waals surface area contributed by atoms with Crippen LogP contribution in [0, 0.1) is 0 Å². The number of para-hydroxylation sites is 2. The Labute approximate surface area is 121 Å². The van der Waals surface area contributed by atoms with Gasteiger partial charge in [0.2, 0.25) is 5.91 Å². The number of amides is 2. The summed E-state index contributed by atoms with van der Waals surface area (Å²) in [7, 11) is 2.66. The number of nitrogens with one attached hydrogen (secondary N) is 3. The molecular weight excluding hydrogens is 282 g/mol. The Kier molecular flexibility index (Phi) is 6.41. The van der Waals surface area contributed by atoms with E-state index in [0.717, 1.165) is 0 Å². The summed E-state index contributed by atoms with van der Waals surface area (Å²) in [5.41, 5.74) is 1.06. The molecule has 0 saturated carbocycles. The Morgan fingerprint density at radius 2 is 1.75 bits per heavy atom. The van der Waals surface area contributed by atoms with E-state index in [4.69, 9.17) is 17.0 Å². The highest BCUT2D eigenvalue weighted by Gasteiger charge is 2.09. The molecule has 0 atom stereocenters. The number of rotatable bonds is 4. The molecule has 2 amide bonds. The van der Waals surface area contributed by atoms with Gasteiger partial charge in [-0.05, 0) is 24.4 Å². The van der Waals surface area contributed by atoms with Crippen LogP contribution in [-0.2, 0) is 14.3 Å². The third-order valence-corrected chi connectivity index (χ3v) is 2.33. The molecule has 108 valence electrons. The minimum absolute atomic E-state index is 0.0564. The largest absolute Gasteiger partial charge is 0.453 e. The number of hydrogen-bond donors (Lipinski definition) is 3. The number of ether oxygens (including phenoxy) is 2. The van der Waals surface area contributed by atoms with Gasteiger partial charge in [-0.1, -0.05) is 12.1 Å². The third kappa shape index (κ3) is 5.21. The molecule has 0 aromatic heterocycles. The van der Waals surface area contributed by atoms with Gasteiger partial charge in [-0.25, -0.2) is 4.79 Å². The van der Waals surface area contributed by atoms with Crippen LogP contribution in [-0.4, -0.2) is 37.9 Å². The summed E-state index contributed by atoms with van der Waals surface area (Å²) in [6.07, 6.45) is -0.677. The lowest BCUT2D eigenvalue weighted by molar-refractivity contribution is -0.119.